The number of nitrogens with one attached hydrogen (secondary N) is 1. The summed E-state index contributed by atoms with van der Waals surface area (Å²) in [6.07, 6.45) is 4.47. The summed E-state index contributed by atoms with van der Waals surface area (Å²) >= 11 is 0. The number of fused-ring (bicyclic) bond motifs is 2. The number of carboxylic acid groups (broad SMARTS) is 1. The first-order valence-corrected chi connectivity index (χ1v) is 7.50. The molecule has 2 bridgehead atoms. The zero-order valence-corrected chi connectivity index (χ0v) is 11.5. The van der Waals surface area contributed by atoms with Gasteiger partial charge >= 0.3 is 12.0 Å². The molecular weight excluding hydrogens is 260 g/mol. The summed E-state index contributed by atoms with van der Waals surface area (Å²) in [5.74, 6) is 1.08. The van der Waals surface area contributed by atoms with Crippen molar-refractivity contribution in [2.45, 2.75) is 44.2 Å². The molecule has 0 aromatic carbocycles. The van der Waals surface area contributed by atoms with Gasteiger partial charge in [-0.25, -0.2) is 9.59 Å². The number of aliphatic carboxylic acids is 1. The highest BCUT2D eigenvalue weighted by atomic mass is 16.4. The van der Waals surface area contributed by atoms with Crippen LogP contribution in [0.15, 0.2) is 0 Å². The van der Waals surface area contributed by atoms with Gasteiger partial charge in [0, 0.05) is 19.5 Å². The monoisotopic (exact) mass is 282 g/mol. The van der Waals surface area contributed by atoms with E-state index in [4.69, 9.17) is 5.11 Å². The number of urea groups is 1. The number of hydrogen-bond donors (Lipinski definition) is 3. The minimum absolute atomic E-state index is 0.111. The lowest BCUT2D eigenvalue weighted by atomic mass is 9.89. The maximum atomic E-state index is 12.1. The van der Waals surface area contributed by atoms with Gasteiger partial charge in [0.15, 0.2) is 0 Å². The molecule has 112 valence electrons. The van der Waals surface area contributed by atoms with Gasteiger partial charge in [0.2, 0.25) is 0 Å². The number of amides is 2. The first kappa shape index (κ1) is 13.7. The Bertz CT molecular complexity index is 414. The highest BCUT2D eigenvalue weighted by Gasteiger charge is 2.41. The Hall–Kier alpha value is -1.30. The van der Waals surface area contributed by atoms with Crippen LogP contribution in [0.25, 0.3) is 0 Å². The number of aliphatic hydroxyl groups excluding tert-OH is 1. The normalized spacial score (nSPS) is 39.2. The summed E-state index contributed by atoms with van der Waals surface area (Å²) in [6, 6.07) is -1.25. The maximum absolute atomic E-state index is 12.1. The lowest BCUT2D eigenvalue weighted by Crippen LogP contribution is -2.47. The van der Waals surface area contributed by atoms with Crippen molar-refractivity contribution in [3.05, 3.63) is 0 Å². The van der Waals surface area contributed by atoms with Crippen LogP contribution < -0.4 is 5.32 Å². The number of carbonyl (C=O) groups excluding carboxylic acids is 1. The molecule has 0 aromatic heterocycles. The Morgan fingerprint density at radius 1 is 1.20 bits per heavy atom. The summed E-state index contributed by atoms with van der Waals surface area (Å²) in [7, 11) is 0. The second-order valence-corrected chi connectivity index (χ2v) is 6.52. The van der Waals surface area contributed by atoms with Gasteiger partial charge in [0.05, 0.1) is 6.10 Å². The maximum Gasteiger partial charge on any atom is 0.326 e. The van der Waals surface area contributed by atoms with Crippen molar-refractivity contribution in [2.24, 2.45) is 17.8 Å². The molecule has 1 aliphatic heterocycles. The average molecular weight is 282 g/mol. The van der Waals surface area contributed by atoms with Crippen LogP contribution in [0.2, 0.25) is 0 Å². The van der Waals surface area contributed by atoms with Crippen molar-refractivity contribution in [1.82, 2.24) is 10.2 Å². The van der Waals surface area contributed by atoms with Gasteiger partial charge in [-0.3, -0.25) is 0 Å². The minimum Gasteiger partial charge on any atom is -0.480 e. The third-order valence-corrected chi connectivity index (χ3v) is 5.22. The summed E-state index contributed by atoms with van der Waals surface area (Å²) in [6.45, 7) is 0.748. The lowest BCUT2D eigenvalue weighted by molar-refractivity contribution is -0.141. The summed E-state index contributed by atoms with van der Waals surface area (Å²) < 4.78 is 0. The third-order valence-electron chi connectivity index (χ3n) is 5.22. The molecule has 5 atom stereocenters. The van der Waals surface area contributed by atoms with E-state index in [1.807, 2.05) is 0 Å². The molecule has 3 aliphatic rings. The highest BCUT2D eigenvalue weighted by molar-refractivity contribution is 5.83. The van der Waals surface area contributed by atoms with Gasteiger partial charge in [-0.2, -0.15) is 0 Å². The number of likely N-dealkylation sites (tertiary alicyclic amines) is 1. The Kier molecular flexibility index (Phi) is 3.58. The van der Waals surface area contributed by atoms with Crippen molar-refractivity contribution in [3.8, 4) is 0 Å². The molecule has 1 heterocycles. The Balaban J connectivity index is 1.52. The van der Waals surface area contributed by atoms with Crippen molar-refractivity contribution in [1.29, 1.82) is 0 Å². The van der Waals surface area contributed by atoms with E-state index in [2.05, 4.69) is 5.32 Å². The SMILES string of the molecule is O=C(O)C1CC(O)CN1C(=O)NCC1CC2CCC1C2. The van der Waals surface area contributed by atoms with Crippen molar-refractivity contribution < 1.29 is 19.8 Å². The summed E-state index contributed by atoms with van der Waals surface area (Å²) in [5.41, 5.74) is 0. The van der Waals surface area contributed by atoms with Gasteiger partial charge in [0.25, 0.3) is 0 Å². The number of rotatable bonds is 3. The number of carboxylic acids is 1. The van der Waals surface area contributed by atoms with Gasteiger partial charge in [-0.15, -0.1) is 0 Å². The van der Waals surface area contributed by atoms with Crippen LogP contribution in [0.5, 0.6) is 0 Å². The molecule has 3 fully saturated rings. The molecule has 20 heavy (non-hydrogen) atoms. The average Bonchev–Trinajstić information content (AvgIpc) is 3.09. The highest BCUT2D eigenvalue weighted by Crippen LogP contribution is 2.47. The molecule has 2 aliphatic carbocycles. The molecule has 0 aromatic rings. The van der Waals surface area contributed by atoms with Crippen LogP contribution in [-0.2, 0) is 4.79 Å². The Labute approximate surface area is 118 Å². The smallest absolute Gasteiger partial charge is 0.326 e. The summed E-state index contributed by atoms with van der Waals surface area (Å²) in [5, 5.41) is 21.5. The zero-order valence-electron chi connectivity index (χ0n) is 11.5. The molecule has 3 rings (SSSR count). The molecule has 0 radical (unpaired) electrons. The van der Waals surface area contributed by atoms with Gasteiger partial charge < -0.3 is 20.4 Å². The van der Waals surface area contributed by atoms with E-state index < -0.39 is 18.1 Å². The Morgan fingerprint density at radius 2 is 2.00 bits per heavy atom. The zero-order chi connectivity index (χ0) is 14.3. The number of aliphatic hydroxyl groups is 1. The standard InChI is InChI=1S/C14H22N2O4/c17-11-5-12(13(18)19)16(7-11)14(20)15-6-10-4-8-1-2-9(10)3-8/h8-12,17H,1-7H2,(H,15,20)(H,18,19). The van der Waals surface area contributed by atoms with Crippen LogP contribution in [0.3, 0.4) is 0 Å². The molecule has 1 saturated heterocycles. The van der Waals surface area contributed by atoms with Crippen LogP contribution in [-0.4, -0.2) is 52.3 Å². The van der Waals surface area contributed by atoms with Crippen LogP contribution in [0, 0.1) is 17.8 Å². The van der Waals surface area contributed by atoms with E-state index in [1.165, 1.54) is 30.6 Å². The predicted molar refractivity (Wildman–Crippen MR) is 71.1 cm³/mol. The fourth-order valence-corrected chi connectivity index (χ4v) is 4.22. The lowest BCUT2D eigenvalue weighted by Gasteiger charge is -2.25. The van der Waals surface area contributed by atoms with Crippen molar-refractivity contribution >= 4 is 12.0 Å². The predicted octanol–water partition coefficient (Wildman–Crippen LogP) is 0.652. The second kappa shape index (κ2) is 5.24. The second-order valence-electron chi connectivity index (χ2n) is 6.52. The van der Waals surface area contributed by atoms with E-state index in [1.54, 1.807) is 0 Å². The molecule has 0 spiro atoms. The van der Waals surface area contributed by atoms with Crippen molar-refractivity contribution in [3.63, 3.8) is 0 Å². The van der Waals surface area contributed by atoms with E-state index in [0.717, 1.165) is 11.8 Å². The third kappa shape index (κ3) is 2.49. The quantitative estimate of drug-likeness (QED) is 0.709. The molecular formula is C14H22N2O4. The summed E-state index contributed by atoms with van der Waals surface area (Å²) in [4.78, 5) is 24.5. The van der Waals surface area contributed by atoms with Crippen LogP contribution in [0.1, 0.15) is 32.1 Å². The molecule has 3 N–H and O–H groups in total. The van der Waals surface area contributed by atoms with Crippen LogP contribution in [0.4, 0.5) is 4.79 Å². The number of β-amino-alcohol motifs (C(OH)–C–C–N with tert-alkyl or cyclic N) is 1. The van der Waals surface area contributed by atoms with Crippen LogP contribution >= 0.6 is 0 Å². The van der Waals surface area contributed by atoms with Crippen molar-refractivity contribution in [2.75, 3.05) is 13.1 Å². The minimum atomic E-state index is -1.04. The van der Waals surface area contributed by atoms with E-state index >= 15 is 0 Å². The van der Waals surface area contributed by atoms with E-state index in [9.17, 15) is 14.7 Å². The fourth-order valence-electron chi connectivity index (χ4n) is 4.22. The molecule has 2 saturated carbocycles. The molecule has 6 heteroatoms. The number of nitrogens with zero attached hydrogens (tertiary/aromatic N) is 1. The number of carbonyl (C=O) groups is 2. The van der Waals surface area contributed by atoms with Gasteiger partial charge in [-0.1, -0.05) is 6.42 Å². The van der Waals surface area contributed by atoms with E-state index in [0.29, 0.717) is 12.5 Å². The first-order valence-electron chi connectivity index (χ1n) is 7.50. The van der Waals surface area contributed by atoms with Gasteiger partial charge in [-0.05, 0) is 37.0 Å². The topological polar surface area (TPSA) is 89.9 Å². The largest absolute Gasteiger partial charge is 0.480 e. The molecule has 2 amide bonds. The molecule has 6 nitrogen and oxygen atoms in total. The fraction of sp³-hybridized carbons (Fsp3) is 0.857. The Morgan fingerprint density at radius 3 is 2.60 bits per heavy atom. The van der Waals surface area contributed by atoms with Gasteiger partial charge in [0.1, 0.15) is 6.04 Å². The molecule has 5 unspecified atom stereocenters. The number of hydrogen-bond acceptors (Lipinski definition) is 3. The first-order chi connectivity index (χ1) is 9.54. The van der Waals surface area contributed by atoms with E-state index in [-0.39, 0.29) is 19.0 Å².